The number of anilines is 1. The highest BCUT2D eigenvalue weighted by Crippen LogP contribution is 2.27. The first-order chi connectivity index (χ1) is 12.1. The quantitative estimate of drug-likeness (QED) is 0.878. The number of nitrogens with zero attached hydrogens (tertiary/aromatic N) is 2. The Morgan fingerprint density at radius 2 is 2.16 bits per heavy atom. The number of nitrogens with two attached hydrogens (primary N) is 1. The summed E-state index contributed by atoms with van der Waals surface area (Å²) in [5.41, 5.74) is 7.74. The minimum absolute atomic E-state index is 0.0672. The second kappa shape index (κ2) is 7.95. The fourth-order valence-corrected chi connectivity index (χ4v) is 4.32. The van der Waals surface area contributed by atoms with Crippen molar-refractivity contribution in [3.8, 4) is 0 Å². The van der Waals surface area contributed by atoms with Gasteiger partial charge in [-0.1, -0.05) is 30.4 Å². The Morgan fingerprint density at radius 3 is 2.88 bits per heavy atom. The van der Waals surface area contributed by atoms with Crippen molar-refractivity contribution in [2.45, 2.75) is 39.0 Å². The van der Waals surface area contributed by atoms with Crippen LogP contribution < -0.4 is 5.73 Å². The summed E-state index contributed by atoms with van der Waals surface area (Å²) < 4.78 is 13.0. The zero-order valence-electron chi connectivity index (χ0n) is 14.5. The predicted octanol–water partition coefficient (Wildman–Crippen LogP) is 3.91. The summed E-state index contributed by atoms with van der Waals surface area (Å²) in [6, 6.07) is 6.70. The van der Waals surface area contributed by atoms with Gasteiger partial charge in [0.05, 0.1) is 5.69 Å². The molecule has 0 radical (unpaired) electrons. The maximum atomic E-state index is 13.0. The van der Waals surface area contributed by atoms with Gasteiger partial charge >= 0.3 is 0 Å². The summed E-state index contributed by atoms with van der Waals surface area (Å²) >= 11 is 1.29. The van der Waals surface area contributed by atoms with Crippen molar-refractivity contribution in [1.82, 2.24) is 9.88 Å². The lowest BCUT2D eigenvalue weighted by Gasteiger charge is -2.32. The Kier molecular flexibility index (Phi) is 5.68. The first-order valence-electron chi connectivity index (χ1n) is 8.85. The molecule has 1 fully saturated rings. The van der Waals surface area contributed by atoms with Gasteiger partial charge in [-0.2, -0.15) is 0 Å². The molecule has 1 saturated heterocycles. The number of hydrogen-bond donors (Lipinski definition) is 1. The van der Waals surface area contributed by atoms with Crippen LogP contribution in [0.5, 0.6) is 0 Å². The molecular formula is C19H24FN3OS. The van der Waals surface area contributed by atoms with Gasteiger partial charge in [-0.25, -0.2) is 9.37 Å². The summed E-state index contributed by atoms with van der Waals surface area (Å²) in [6.45, 7) is 3.57. The fraction of sp³-hybridized carbons (Fsp3) is 0.474. The number of aromatic nitrogens is 1. The maximum absolute atomic E-state index is 13.0. The fourth-order valence-electron chi connectivity index (χ4n) is 3.43. The topological polar surface area (TPSA) is 59.2 Å². The standard InChI is InChI=1S/C19H24FN3OS/c1-2-16-17(25-19(21)22-16)18(24)23-11-3-4-14(12-23)6-5-13-7-9-15(20)10-8-13/h7-10,14H,2-6,11-12H2,1H3,(H2,21,22). The van der Waals surface area contributed by atoms with E-state index in [4.69, 9.17) is 5.73 Å². The molecule has 25 heavy (non-hydrogen) atoms. The molecule has 134 valence electrons. The van der Waals surface area contributed by atoms with Crippen LogP contribution in [0.4, 0.5) is 9.52 Å². The first kappa shape index (κ1) is 17.9. The number of carbonyl (C=O) groups excluding carboxylic acids is 1. The van der Waals surface area contributed by atoms with Crippen LogP contribution in [0.15, 0.2) is 24.3 Å². The number of amides is 1. The zero-order chi connectivity index (χ0) is 17.8. The predicted molar refractivity (Wildman–Crippen MR) is 99.3 cm³/mol. The van der Waals surface area contributed by atoms with E-state index >= 15 is 0 Å². The van der Waals surface area contributed by atoms with Crippen LogP contribution in [0.1, 0.15) is 47.1 Å². The molecule has 1 unspecified atom stereocenters. The van der Waals surface area contributed by atoms with E-state index in [1.165, 1.54) is 23.5 Å². The highest BCUT2D eigenvalue weighted by molar-refractivity contribution is 7.17. The van der Waals surface area contributed by atoms with Crippen LogP contribution in [-0.2, 0) is 12.8 Å². The lowest BCUT2D eigenvalue weighted by Crippen LogP contribution is -2.40. The van der Waals surface area contributed by atoms with Crippen molar-refractivity contribution in [2.24, 2.45) is 5.92 Å². The Balaban J connectivity index is 1.60. The van der Waals surface area contributed by atoms with Crippen LogP contribution >= 0.6 is 11.3 Å². The molecule has 3 rings (SSSR count). The average molecular weight is 361 g/mol. The van der Waals surface area contributed by atoms with E-state index in [9.17, 15) is 9.18 Å². The van der Waals surface area contributed by atoms with Crippen molar-refractivity contribution in [3.05, 3.63) is 46.2 Å². The molecule has 1 aromatic heterocycles. The van der Waals surface area contributed by atoms with Gasteiger partial charge in [0.1, 0.15) is 10.7 Å². The first-order valence-corrected chi connectivity index (χ1v) is 9.67. The molecule has 0 saturated carbocycles. The Hall–Kier alpha value is -1.95. The molecule has 1 aromatic carbocycles. The number of hydrogen-bond acceptors (Lipinski definition) is 4. The molecule has 1 amide bonds. The summed E-state index contributed by atoms with van der Waals surface area (Å²) in [6.07, 6.45) is 4.81. The van der Waals surface area contributed by atoms with Crippen LogP contribution in [0.2, 0.25) is 0 Å². The smallest absolute Gasteiger partial charge is 0.265 e. The van der Waals surface area contributed by atoms with Gasteiger partial charge in [0.25, 0.3) is 5.91 Å². The van der Waals surface area contributed by atoms with E-state index in [1.807, 2.05) is 24.0 Å². The molecule has 0 bridgehead atoms. The van der Waals surface area contributed by atoms with Gasteiger partial charge in [0, 0.05) is 13.1 Å². The average Bonchev–Trinajstić information content (AvgIpc) is 3.02. The third kappa shape index (κ3) is 4.37. The number of nitrogen functional groups attached to an aromatic ring is 1. The van der Waals surface area contributed by atoms with Crippen molar-refractivity contribution in [2.75, 3.05) is 18.8 Å². The third-order valence-electron chi connectivity index (χ3n) is 4.80. The van der Waals surface area contributed by atoms with E-state index in [0.29, 0.717) is 15.9 Å². The molecule has 0 aliphatic carbocycles. The highest BCUT2D eigenvalue weighted by atomic mass is 32.1. The van der Waals surface area contributed by atoms with Crippen LogP contribution in [0.25, 0.3) is 0 Å². The van der Waals surface area contributed by atoms with Gasteiger partial charge < -0.3 is 10.6 Å². The van der Waals surface area contributed by atoms with E-state index in [0.717, 1.165) is 56.5 Å². The normalized spacial score (nSPS) is 17.7. The van der Waals surface area contributed by atoms with Crippen molar-refractivity contribution >= 4 is 22.4 Å². The number of likely N-dealkylation sites (tertiary alicyclic amines) is 1. The van der Waals surface area contributed by atoms with Gasteiger partial charge in [0.2, 0.25) is 0 Å². The number of rotatable bonds is 5. The minimum Gasteiger partial charge on any atom is -0.375 e. The second-order valence-corrected chi connectivity index (χ2v) is 7.64. The number of benzene rings is 1. The van der Waals surface area contributed by atoms with Gasteiger partial charge in [-0.05, 0) is 55.7 Å². The van der Waals surface area contributed by atoms with E-state index in [-0.39, 0.29) is 11.7 Å². The molecule has 4 nitrogen and oxygen atoms in total. The SMILES string of the molecule is CCc1nc(N)sc1C(=O)N1CCCC(CCc2ccc(F)cc2)C1. The molecule has 1 aliphatic heterocycles. The lowest BCUT2D eigenvalue weighted by atomic mass is 9.91. The van der Waals surface area contributed by atoms with Crippen molar-refractivity contribution < 1.29 is 9.18 Å². The molecule has 2 aromatic rings. The number of piperidine rings is 1. The van der Waals surface area contributed by atoms with Gasteiger partial charge in [0.15, 0.2) is 5.13 Å². The monoisotopic (exact) mass is 361 g/mol. The molecule has 0 spiro atoms. The molecule has 1 aliphatic rings. The Morgan fingerprint density at radius 1 is 1.40 bits per heavy atom. The van der Waals surface area contributed by atoms with Crippen LogP contribution in [-0.4, -0.2) is 28.9 Å². The largest absolute Gasteiger partial charge is 0.375 e. The molecule has 2 heterocycles. The summed E-state index contributed by atoms with van der Waals surface area (Å²) in [5, 5.41) is 0.463. The number of thiazole rings is 1. The summed E-state index contributed by atoms with van der Waals surface area (Å²) in [7, 11) is 0. The highest BCUT2D eigenvalue weighted by Gasteiger charge is 2.27. The maximum Gasteiger partial charge on any atom is 0.265 e. The van der Waals surface area contributed by atoms with E-state index < -0.39 is 0 Å². The second-order valence-electron chi connectivity index (χ2n) is 6.61. The molecular weight excluding hydrogens is 337 g/mol. The van der Waals surface area contributed by atoms with Crippen molar-refractivity contribution in [3.63, 3.8) is 0 Å². The Bertz CT molecular complexity index is 729. The molecule has 2 N–H and O–H groups in total. The van der Waals surface area contributed by atoms with Crippen molar-refractivity contribution in [1.29, 1.82) is 0 Å². The van der Waals surface area contributed by atoms with Crippen LogP contribution in [0, 0.1) is 11.7 Å². The molecule has 6 heteroatoms. The Labute approximate surface area is 151 Å². The number of aryl methyl sites for hydroxylation is 2. The summed E-state index contributed by atoms with van der Waals surface area (Å²) in [5.74, 6) is 0.351. The third-order valence-corrected chi connectivity index (χ3v) is 5.72. The minimum atomic E-state index is -0.200. The van der Waals surface area contributed by atoms with E-state index in [1.54, 1.807) is 0 Å². The number of halogens is 1. The summed E-state index contributed by atoms with van der Waals surface area (Å²) in [4.78, 5) is 19.8. The van der Waals surface area contributed by atoms with E-state index in [2.05, 4.69) is 4.98 Å². The van der Waals surface area contributed by atoms with Gasteiger partial charge in [-0.15, -0.1) is 0 Å². The van der Waals surface area contributed by atoms with Gasteiger partial charge in [-0.3, -0.25) is 4.79 Å². The lowest BCUT2D eigenvalue weighted by molar-refractivity contribution is 0.0672. The van der Waals surface area contributed by atoms with Crippen LogP contribution in [0.3, 0.4) is 0 Å². The zero-order valence-corrected chi connectivity index (χ0v) is 15.3. The number of carbonyl (C=O) groups is 1. The molecule has 1 atom stereocenters.